The van der Waals surface area contributed by atoms with Gasteiger partial charge in [-0.25, -0.2) is 18.1 Å². The lowest BCUT2D eigenvalue weighted by Gasteiger charge is -2.35. The maximum Gasteiger partial charge on any atom is 0.235 e. The molecule has 9 heteroatoms. The average Bonchev–Trinajstić information content (AvgIpc) is 2.74. The van der Waals surface area contributed by atoms with E-state index in [4.69, 9.17) is 9.47 Å². The monoisotopic (exact) mass is 440 g/mol. The summed E-state index contributed by atoms with van der Waals surface area (Å²) in [5, 5.41) is 3.01. The van der Waals surface area contributed by atoms with Crippen molar-refractivity contribution in [3.05, 3.63) is 18.1 Å². The first-order valence-corrected chi connectivity index (χ1v) is 12.7. The highest BCUT2D eigenvalue weighted by molar-refractivity contribution is 7.90. The summed E-state index contributed by atoms with van der Waals surface area (Å²) in [6.07, 6.45) is 9.30. The molecule has 0 bridgehead atoms. The molecule has 0 unspecified atom stereocenters. The Kier molecular flexibility index (Phi) is 8.44. The van der Waals surface area contributed by atoms with Gasteiger partial charge in [-0.2, -0.15) is 0 Å². The summed E-state index contributed by atoms with van der Waals surface area (Å²) in [4.78, 5) is 8.85. The Hall–Kier alpha value is -1.29. The molecule has 1 saturated heterocycles. The van der Waals surface area contributed by atoms with E-state index in [1.165, 1.54) is 0 Å². The molecule has 30 heavy (non-hydrogen) atoms. The molecule has 2 atom stereocenters. The van der Waals surface area contributed by atoms with Crippen LogP contribution >= 0.6 is 0 Å². The fourth-order valence-corrected chi connectivity index (χ4v) is 5.20. The van der Waals surface area contributed by atoms with E-state index < -0.39 is 15.3 Å². The summed E-state index contributed by atoms with van der Waals surface area (Å²) in [6.45, 7) is 7.37. The van der Waals surface area contributed by atoms with Gasteiger partial charge in [-0.15, -0.1) is 0 Å². The van der Waals surface area contributed by atoms with Crippen LogP contribution in [0.3, 0.4) is 0 Å². The number of hydrogen-bond acceptors (Lipinski definition) is 7. The number of hydrogen-bond donors (Lipinski definition) is 2. The van der Waals surface area contributed by atoms with E-state index in [9.17, 15) is 8.42 Å². The Morgan fingerprint density at radius 1 is 1.17 bits per heavy atom. The van der Waals surface area contributed by atoms with E-state index in [-0.39, 0.29) is 18.2 Å². The highest BCUT2D eigenvalue weighted by Crippen LogP contribution is 2.36. The minimum absolute atomic E-state index is 0.00884. The standard InChI is InChI=1S/C21H36N4O4S/c1-4-28-21-20(23-12-13-24-21)16-7-9-17(10-8-16)29-14-19-18(6-5-11-22-19)25-30(26,27)15(2)3/h12-13,15-19,22,25H,4-11,14H2,1-3H3/t16?,17?,18-,19-/m0/s1. The number of sulfonamides is 1. The molecule has 1 aromatic rings. The Morgan fingerprint density at radius 3 is 2.60 bits per heavy atom. The van der Waals surface area contributed by atoms with Gasteiger partial charge in [-0.05, 0) is 65.8 Å². The topological polar surface area (TPSA) is 102 Å². The average molecular weight is 441 g/mol. The van der Waals surface area contributed by atoms with Crippen LogP contribution < -0.4 is 14.8 Å². The maximum atomic E-state index is 12.3. The van der Waals surface area contributed by atoms with Crippen molar-refractivity contribution in [3.8, 4) is 5.88 Å². The molecule has 170 valence electrons. The first-order chi connectivity index (χ1) is 14.4. The molecule has 0 aromatic carbocycles. The van der Waals surface area contributed by atoms with E-state index in [0.29, 0.717) is 25.0 Å². The third kappa shape index (κ3) is 6.12. The molecular weight excluding hydrogens is 404 g/mol. The molecule has 3 rings (SSSR count). The van der Waals surface area contributed by atoms with Crippen LogP contribution in [0.2, 0.25) is 0 Å². The van der Waals surface area contributed by atoms with E-state index in [2.05, 4.69) is 20.0 Å². The molecule has 2 fully saturated rings. The molecule has 0 amide bonds. The fraction of sp³-hybridized carbons (Fsp3) is 0.810. The second kappa shape index (κ2) is 10.8. The summed E-state index contributed by atoms with van der Waals surface area (Å²) in [5.41, 5.74) is 0.954. The summed E-state index contributed by atoms with van der Waals surface area (Å²) in [7, 11) is -3.29. The first kappa shape index (κ1) is 23.4. The summed E-state index contributed by atoms with van der Waals surface area (Å²) < 4.78 is 39.3. The van der Waals surface area contributed by atoms with E-state index >= 15 is 0 Å². The zero-order valence-electron chi connectivity index (χ0n) is 18.3. The molecule has 0 spiro atoms. The molecule has 1 aliphatic heterocycles. The quantitative estimate of drug-likeness (QED) is 0.608. The van der Waals surface area contributed by atoms with Crippen molar-refractivity contribution in [1.29, 1.82) is 0 Å². The van der Waals surface area contributed by atoms with Crippen molar-refractivity contribution < 1.29 is 17.9 Å². The van der Waals surface area contributed by atoms with Gasteiger partial charge in [0.05, 0.1) is 24.6 Å². The van der Waals surface area contributed by atoms with Crippen LogP contribution in [-0.4, -0.2) is 61.6 Å². The van der Waals surface area contributed by atoms with Crippen molar-refractivity contribution in [2.75, 3.05) is 19.8 Å². The van der Waals surface area contributed by atoms with Crippen molar-refractivity contribution >= 4 is 10.0 Å². The summed E-state index contributed by atoms with van der Waals surface area (Å²) >= 11 is 0. The molecule has 1 aromatic heterocycles. The SMILES string of the molecule is CCOc1nccnc1C1CCC(OC[C@@H]2NCCC[C@@H]2NS(=O)(=O)C(C)C)CC1. The molecule has 1 saturated carbocycles. The van der Waals surface area contributed by atoms with Crippen molar-refractivity contribution in [1.82, 2.24) is 20.0 Å². The zero-order chi connectivity index (χ0) is 21.6. The normalized spacial score (nSPS) is 27.9. The predicted octanol–water partition coefficient (Wildman–Crippen LogP) is 2.37. The molecule has 2 N–H and O–H groups in total. The van der Waals surface area contributed by atoms with Crippen LogP contribution in [0.5, 0.6) is 5.88 Å². The van der Waals surface area contributed by atoms with Gasteiger partial charge in [0, 0.05) is 30.4 Å². The number of aromatic nitrogens is 2. The third-order valence-electron chi connectivity index (χ3n) is 6.07. The van der Waals surface area contributed by atoms with Crippen molar-refractivity contribution in [2.45, 2.75) is 88.7 Å². The van der Waals surface area contributed by atoms with Crippen molar-refractivity contribution in [2.24, 2.45) is 0 Å². The molecule has 2 heterocycles. The van der Waals surface area contributed by atoms with Gasteiger partial charge in [-0.1, -0.05) is 0 Å². The third-order valence-corrected chi connectivity index (χ3v) is 7.94. The van der Waals surface area contributed by atoms with Gasteiger partial charge in [-0.3, -0.25) is 4.98 Å². The highest BCUT2D eigenvalue weighted by Gasteiger charge is 2.32. The molecule has 8 nitrogen and oxygen atoms in total. The first-order valence-electron chi connectivity index (χ1n) is 11.2. The Balaban J connectivity index is 1.50. The minimum Gasteiger partial charge on any atom is -0.477 e. The number of nitrogens with zero attached hydrogens (tertiary/aromatic N) is 2. The molecule has 0 radical (unpaired) electrons. The molecule has 2 aliphatic rings. The number of piperidine rings is 1. The van der Waals surface area contributed by atoms with Crippen LogP contribution in [0.1, 0.15) is 70.9 Å². The van der Waals surface area contributed by atoms with Gasteiger partial charge >= 0.3 is 0 Å². The van der Waals surface area contributed by atoms with Gasteiger partial charge < -0.3 is 14.8 Å². The van der Waals surface area contributed by atoms with Gasteiger partial charge in [0.25, 0.3) is 0 Å². The predicted molar refractivity (Wildman–Crippen MR) is 116 cm³/mol. The lowest BCUT2D eigenvalue weighted by Crippen LogP contribution is -2.56. The Morgan fingerprint density at radius 2 is 1.90 bits per heavy atom. The van der Waals surface area contributed by atoms with E-state index in [1.54, 1.807) is 26.2 Å². The second-order valence-electron chi connectivity index (χ2n) is 8.51. The van der Waals surface area contributed by atoms with E-state index in [1.807, 2.05) is 6.92 Å². The fourth-order valence-electron chi connectivity index (χ4n) is 4.22. The molecule has 1 aliphatic carbocycles. The second-order valence-corrected chi connectivity index (χ2v) is 10.8. The maximum absolute atomic E-state index is 12.3. The molecular formula is C21H36N4O4S. The summed E-state index contributed by atoms with van der Waals surface area (Å²) in [5.74, 6) is 0.995. The lowest BCUT2D eigenvalue weighted by atomic mass is 9.85. The smallest absolute Gasteiger partial charge is 0.235 e. The zero-order valence-corrected chi connectivity index (χ0v) is 19.2. The van der Waals surface area contributed by atoms with Crippen LogP contribution in [0.15, 0.2) is 12.4 Å². The van der Waals surface area contributed by atoms with Crippen LogP contribution in [0, 0.1) is 0 Å². The van der Waals surface area contributed by atoms with E-state index in [0.717, 1.165) is 50.8 Å². The largest absolute Gasteiger partial charge is 0.477 e. The van der Waals surface area contributed by atoms with Crippen LogP contribution in [-0.2, 0) is 14.8 Å². The van der Waals surface area contributed by atoms with Gasteiger partial charge in [0.1, 0.15) is 5.69 Å². The van der Waals surface area contributed by atoms with Gasteiger partial charge in [0.2, 0.25) is 15.9 Å². The minimum atomic E-state index is -3.29. The van der Waals surface area contributed by atoms with Crippen LogP contribution in [0.25, 0.3) is 0 Å². The Bertz CT molecular complexity index is 766. The number of nitrogens with one attached hydrogen (secondary N) is 2. The Labute approximate surface area is 180 Å². The van der Waals surface area contributed by atoms with Crippen LogP contribution in [0.4, 0.5) is 0 Å². The number of ether oxygens (including phenoxy) is 2. The summed E-state index contributed by atoms with van der Waals surface area (Å²) in [6, 6.07) is -0.106. The lowest BCUT2D eigenvalue weighted by molar-refractivity contribution is 0.00484. The van der Waals surface area contributed by atoms with Crippen molar-refractivity contribution in [3.63, 3.8) is 0 Å². The number of rotatable bonds is 9. The van der Waals surface area contributed by atoms with Gasteiger partial charge in [0.15, 0.2) is 0 Å². The highest BCUT2D eigenvalue weighted by atomic mass is 32.2.